The van der Waals surface area contributed by atoms with Gasteiger partial charge in [0.25, 0.3) is 0 Å². The van der Waals surface area contributed by atoms with Crippen LogP contribution in [0.15, 0.2) is 0 Å². The van der Waals surface area contributed by atoms with Crippen molar-refractivity contribution >= 4 is 27.8 Å². The van der Waals surface area contributed by atoms with Crippen molar-refractivity contribution in [1.29, 1.82) is 0 Å². The molecule has 2 nitrogen and oxygen atoms in total. The standard InChI is InChI=1S/C13H34N2Si3/c1-12(2)14(13-10-8-7-9-11-13)16-15(17(3)4)18(5)6/h12-13,17-18H,7-11,16H2,1-6H3. The second-order valence-corrected chi connectivity index (χ2v) is 16.2. The van der Waals surface area contributed by atoms with Gasteiger partial charge in [-0.15, -0.1) is 0 Å². The summed E-state index contributed by atoms with van der Waals surface area (Å²) < 4.78 is 5.98. The van der Waals surface area contributed by atoms with Crippen molar-refractivity contribution in [3.63, 3.8) is 0 Å². The number of nitrogens with zero attached hydrogens (tertiary/aromatic N) is 2. The summed E-state index contributed by atoms with van der Waals surface area (Å²) in [6.07, 6.45) is 7.36. The average molecular weight is 303 g/mol. The minimum absolute atomic E-state index is 0.158. The zero-order valence-corrected chi connectivity index (χ0v) is 17.2. The van der Waals surface area contributed by atoms with Crippen LogP contribution in [-0.4, -0.2) is 48.3 Å². The molecule has 108 valence electrons. The monoisotopic (exact) mass is 302 g/mol. The van der Waals surface area contributed by atoms with Crippen molar-refractivity contribution in [1.82, 2.24) is 8.46 Å². The zero-order valence-electron chi connectivity index (χ0n) is 13.4. The molecule has 5 heteroatoms. The van der Waals surface area contributed by atoms with Gasteiger partial charge < -0.3 is 8.46 Å². The Morgan fingerprint density at radius 2 is 1.44 bits per heavy atom. The van der Waals surface area contributed by atoms with Crippen LogP contribution in [0.5, 0.6) is 0 Å². The van der Waals surface area contributed by atoms with Crippen LogP contribution in [0, 0.1) is 0 Å². The molecule has 0 unspecified atom stereocenters. The van der Waals surface area contributed by atoms with Crippen molar-refractivity contribution in [3.8, 4) is 0 Å². The summed E-state index contributed by atoms with van der Waals surface area (Å²) in [5.41, 5.74) is 0. The van der Waals surface area contributed by atoms with E-state index in [1.807, 2.05) is 0 Å². The van der Waals surface area contributed by atoms with E-state index in [2.05, 4.69) is 48.5 Å². The van der Waals surface area contributed by atoms with E-state index in [0.29, 0.717) is 0 Å². The van der Waals surface area contributed by atoms with Crippen LogP contribution in [0.1, 0.15) is 46.0 Å². The fraction of sp³-hybridized carbons (Fsp3) is 1.00. The summed E-state index contributed by atoms with van der Waals surface area (Å²) in [5, 5.41) is 0. The SMILES string of the molecule is CC(C)N([SiH2]N([SiH](C)C)[SiH](C)C)C1CCCCC1. The summed E-state index contributed by atoms with van der Waals surface area (Å²) in [4.78, 5) is 0. The summed E-state index contributed by atoms with van der Waals surface area (Å²) in [5.74, 6) is 0. The van der Waals surface area contributed by atoms with E-state index in [-0.39, 0.29) is 9.84 Å². The van der Waals surface area contributed by atoms with Crippen LogP contribution in [-0.2, 0) is 0 Å². The van der Waals surface area contributed by atoms with Crippen LogP contribution in [0.3, 0.4) is 0 Å². The van der Waals surface area contributed by atoms with Gasteiger partial charge in [0.15, 0.2) is 9.84 Å². The summed E-state index contributed by atoms with van der Waals surface area (Å²) in [6, 6.07) is 1.69. The molecule has 0 heterocycles. The molecule has 1 fully saturated rings. The average Bonchev–Trinajstić information content (AvgIpc) is 2.29. The highest BCUT2D eigenvalue weighted by Gasteiger charge is 2.27. The maximum Gasteiger partial charge on any atom is 0.159 e. The van der Waals surface area contributed by atoms with Crippen molar-refractivity contribution < 1.29 is 0 Å². The Labute approximate surface area is 120 Å². The predicted octanol–water partition coefficient (Wildman–Crippen LogP) is 2.30. The van der Waals surface area contributed by atoms with Crippen LogP contribution in [0.25, 0.3) is 0 Å². The molecule has 0 spiro atoms. The van der Waals surface area contributed by atoms with E-state index in [9.17, 15) is 0 Å². The van der Waals surface area contributed by atoms with Gasteiger partial charge >= 0.3 is 0 Å². The molecule has 1 saturated carbocycles. The third-order valence-electron chi connectivity index (χ3n) is 4.36. The lowest BCUT2D eigenvalue weighted by Gasteiger charge is -2.42. The smallest absolute Gasteiger partial charge is 0.159 e. The van der Waals surface area contributed by atoms with Gasteiger partial charge in [0.1, 0.15) is 0 Å². The Kier molecular flexibility index (Phi) is 7.38. The first kappa shape index (κ1) is 16.6. The quantitative estimate of drug-likeness (QED) is 0.695. The molecule has 0 atom stereocenters. The fourth-order valence-electron chi connectivity index (χ4n) is 3.22. The second kappa shape index (κ2) is 7.99. The predicted molar refractivity (Wildman–Crippen MR) is 92.0 cm³/mol. The molecule has 0 aromatic carbocycles. The fourth-order valence-corrected chi connectivity index (χ4v) is 13.0. The molecular formula is C13H34N2Si3. The summed E-state index contributed by atoms with van der Waals surface area (Å²) in [7, 11) is -1.32. The van der Waals surface area contributed by atoms with E-state index < -0.39 is 17.9 Å². The number of rotatable bonds is 6. The van der Waals surface area contributed by atoms with Gasteiger partial charge in [-0.2, -0.15) is 0 Å². The van der Waals surface area contributed by atoms with Crippen molar-refractivity contribution in [3.05, 3.63) is 0 Å². The Morgan fingerprint density at radius 1 is 0.944 bits per heavy atom. The van der Waals surface area contributed by atoms with Crippen LogP contribution < -0.4 is 0 Å². The van der Waals surface area contributed by atoms with Crippen molar-refractivity contribution in [2.45, 2.75) is 84.2 Å². The van der Waals surface area contributed by atoms with E-state index in [0.717, 1.165) is 12.1 Å². The Morgan fingerprint density at radius 3 is 1.83 bits per heavy atom. The maximum absolute atomic E-state index is 3.04. The van der Waals surface area contributed by atoms with Gasteiger partial charge in [0.05, 0.1) is 17.9 Å². The number of hydrogen-bond donors (Lipinski definition) is 0. The van der Waals surface area contributed by atoms with Crippen molar-refractivity contribution in [2.24, 2.45) is 0 Å². The largest absolute Gasteiger partial charge is 0.366 e. The molecule has 0 bridgehead atoms. The van der Waals surface area contributed by atoms with E-state index in [1.54, 1.807) is 0 Å². The van der Waals surface area contributed by atoms with Crippen molar-refractivity contribution in [2.75, 3.05) is 0 Å². The molecule has 0 aromatic rings. The molecule has 0 saturated heterocycles. The van der Waals surface area contributed by atoms with Crippen LogP contribution in [0.2, 0.25) is 26.2 Å². The Bertz CT molecular complexity index is 220. The van der Waals surface area contributed by atoms with Crippen LogP contribution >= 0.6 is 0 Å². The van der Waals surface area contributed by atoms with Crippen LogP contribution in [0.4, 0.5) is 0 Å². The van der Waals surface area contributed by atoms with E-state index in [1.165, 1.54) is 32.1 Å². The first-order valence-corrected chi connectivity index (χ1v) is 14.9. The molecule has 0 amide bonds. The first-order valence-electron chi connectivity index (χ1n) is 7.95. The lowest BCUT2D eigenvalue weighted by atomic mass is 9.95. The summed E-state index contributed by atoms with van der Waals surface area (Å²) >= 11 is 0. The molecule has 0 aliphatic heterocycles. The highest BCUT2D eigenvalue weighted by Crippen LogP contribution is 2.24. The molecule has 1 rings (SSSR count). The van der Waals surface area contributed by atoms with Gasteiger partial charge in [-0.05, 0) is 18.9 Å². The molecule has 0 N–H and O–H groups in total. The Balaban J connectivity index is 2.65. The topological polar surface area (TPSA) is 6.48 Å². The zero-order chi connectivity index (χ0) is 13.7. The van der Waals surface area contributed by atoms with Gasteiger partial charge in [-0.1, -0.05) is 59.3 Å². The highest BCUT2D eigenvalue weighted by molar-refractivity contribution is 6.79. The van der Waals surface area contributed by atoms with Gasteiger partial charge in [-0.25, -0.2) is 0 Å². The normalized spacial score (nSPS) is 19.5. The second-order valence-electron chi connectivity index (χ2n) is 6.74. The summed E-state index contributed by atoms with van der Waals surface area (Å²) in [6.45, 7) is 14.9. The van der Waals surface area contributed by atoms with Gasteiger partial charge in [0, 0.05) is 6.04 Å². The molecule has 0 aromatic heterocycles. The minimum Gasteiger partial charge on any atom is -0.366 e. The molecule has 0 radical (unpaired) electrons. The maximum atomic E-state index is 3.04. The lowest BCUT2D eigenvalue weighted by Crippen LogP contribution is -2.57. The molecule has 1 aliphatic rings. The third-order valence-corrected chi connectivity index (χ3v) is 17.9. The molecular weight excluding hydrogens is 268 g/mol. The molecule has 1 aliphatic carbocycles. The lowest BCUT2D eigenvalue weighted by molar-refractivity contribution is 0.217. The van der Waals surface area contributed by atoms with Gasteiger partial charge in [0.2, 0.25) is 0 Å². The van der Waals surface area contributed by atoms with Gasteiger partial charge in [-0.3, -0.25) is 0 Å². The first-order chi connectivity index (χ1) is 8.43. The number of hydrogen-bond acceptors (Lipinski definition) is 2. The Hall–Kier alpha value is 0.571. The van der Waals surface area contributed by atoms with E-state index in [4.69, 9.17) is 0 Å². The van der Waals surface area contributed by atoms with E-state index >= 15 is 0 Å². The minimum atomic E-state index is -0.580. The third kappa shape index (κ3) is 4.92. The molecule has 18 heavy (non-hydrogen) atoms. The highest BCUT2D eigenvalue weighted by atomic mass is 28.4.